The molecule has 0 aromatic heterocycles. The molecule has 1 saturated carbocycles. The fraction of sp³-hybridized carbons (Fsp3) is 0.700. The van der Waals surface area contributed by atoms with Crippen LogP contribution in [0.2, 0.25) is 0 Å². The maximum absolute atomic E-state index is 11.2. The van der Waals surface area contributed by atoms with Crippen molar-refractivity contribution in [2.45, 2.75) is 38.5 Å². The lowest BCUT2D eigenvalue weighted by molar-refractivity contribution is -0.125. The number of Topliss-reactive ketones (excluding diaryl/α,β-unsaturated/α-hetero) is 1. The number of unbranched alkanes of at least 4 members (excludes halogenated alkanes) is 1. The van der Waals surface area contributed by atoms with Gasteiger partial charge in [0, 0.05) is 18.8 Å². The summed E-state index contributed by atoms with van der Waals surface area (Å²) in [4.78, 5) is 11.2. The van der Waals surface area contributed by atoms with Crippen LogP contribution >= 0.6 is 0 Å². The highest BCUT2D eigenvalue weighted by Gasteiger charge is 2.23. The second kappa shape index (κ2) is 4.18. The van der Waals surface area contributed by atoms with E-state index in [4.69, 9.17) is 6.42 Å². The van der Waals surface area contributed by atoms with Crippen LogP contribution in [0.25, 0.3) is 0 Å². The van der Waals surface area contributed by atoms with Gasteiger partial charge in [-0.25, -0.2) is 0 Å². The molecule has 0 bridgehead atoms. The Kier molecular flexibility index (Phi) is 3.16. The van der Waals surface area contributed by atoms with Crippen molar-refractivity contribution in [3.8, 4) is 12.3 Å². The van der Waals surface area contributed by atoms with Crippen molar-refractivity contribution in [3.05, 3.63) is 0 Å². The Morgan fingerprint density at radius 1 is 1.55 bits per heavy atom. The SMILES string of the molecule is C#CCCCC(=O)C1CCC1. The molecule has 1 heteroatoms. The fourth-order valence-corrected chi connectivity index (χ4v) is 1.30. The lowest BCUT2D eigenvalue weighted by Gasteiger charge is -2.23. The largest absolute Gasteiger partial charge is 0.299 e. The molecule has 1 aliphatic rings. The van der Waals surface area contributed by atoms with Gasteiger partial charge >= 0.3 is 0 Å². The molecule has 1 aliphatic carbocycles. The van der Waals surface area contributed by atoms with Crippen molar-refractivity contribution in [2.75, 3.05) is 0 Å². The molecule has 0 atom stereocenters. The molecule has 0 unspecified atom stereocenters. The average Bonchev–Trinajstić information content (AvgIpc) is 1.84. The zero-order valence-corrected chi connectivity index (χ0v) is 6.81. The third kappa shape index (κ3) is 2.38. The van der Waals surface area contributed by atoms with Crippen LogP contribution in [0, 0.1) is 18.3 Å². The van der Waals surface area contributed by atoms with Gasteiger partial charge in [0.2, 0.25) is 0 Å². The number of carbonyl (C=O) groups excluding carboxylic acids is 1. The van der Waals surface area contributed by atoms with E-state index in [-0.39, 0.29) is 0 Å². The molecule has 0 aromatic carbocycles. The van der Waals surface area contributed by atoms with Gasteiger partial charge in [-0.15, -0.1) is 12.3 Å². The molecule has 0 heterocycles. The van der Waals surface area contributed by atoms with Crippen LogP contribution in [0.1, 0.15) is 38.5 Å². The average molecular weight is 150 g/mol. The van der Waals surface area contributed by atoms with Crippen molar-refractivity contribution in [2.24, 2.45) is 5.92 Å². The predicted molar refractivity (Wildman–Crippen MR) is 45.0 cm³/mol. The molecule has 0 amide bonds. The number of carbonyl (C=O) groups is 1. The molecule has 1 nitrogen and oxygen atoms in total. The van der Waals surface area contributed by atoms with E-state index in [0.29, 0.717) is 18.1 Å². The lowest BCUT2D eigenvalue weighted by Crippen LogP contribution is -2.21. The van der Waals surface area contributed by atoms with Gasteiger partial charge in [0.25, 0.3) is 0 Å². The van der Waals surface area contributed by atoms with E-state index in [1.165, 1.54) is 6.42 Å². The second-order valence-electron chi connectivity index (χ2n) is 3.15. The number of rotatable bonds is 4. The number of hydrogen-bond acceptors (Lipinski definition) is 1. The first-order valence-electron chi connectivity index (χ1n) is 4.31. The molecule has 11 heavy (non-hydrogen) atoms. The van der Waals surface area contributed by atoms with Crippen LogP contribution in [0.5, 0.6) is 0 Å². The summed E-state index contributed by atoms with van der Waals surface area (Å²) in [5.74, 6) is 3.38. The molecular formula is C10H14O. The Morgan fingerprint density at radius 3 is 2.73 bits per heavy atom. The highest BCUT2D eigenvalue weighted by Crippen LogP contribution is 2.28. The van der Waals surface area contributed by atoms with E-state index < -0.39 is 0 Å². The second-order valence-corrected chi connectivity index (χ2v) is 3.15. The maximum Gasteiger partial charge on any atom is 0.136 e. The highest BCUT2D eigenvalue weighted by molar-refractivity contribution is 5.81. The van der Waals surface area contributed by atoms with Gasteiger partial charge < -0.3 is 0 Å². The van der Waals surface area contributed by atoms with E-state index in [2.05, 4.69) is 5.92 Å². The molecule has 0 radical (unpaired) electrons. The first-order chi connectivity index (χ1) is 5.34. The minimum Gasteiger partial charge on any atom is -0.299 e. The van der Waals surface area contributed by atoms with E-state index in [0.717, 1.165) is 25.7 Å². The van der Waals surface area contributed by atoms with Crippen LogP contribution in [-0.4, -0.2) is 5.78 Å². The van der Waals surface area contributed by atoms with Crippen molar-refractivity contribution in [1.82, 2.24) is 0 Å². The number of hydrogen-bond donors (Lipinski definition) is 0. The van der Waals surface area contributed by atoms with Crippen LogP contribution in [0.15, 0.2) is 0 Å². The summed E-state index contributed by atoms with van der Waals surface area (Å²) in [6, 6.07) is 0. The smallest absolute Gasteiger partial charge is 0.136 e. The van der Waals surface area contributed by atoms with Gasteiger partial charge in [-0.3, -0.25) is 4.79 Å². The third-order valence-corrected chi connectivity index (χ3v) is 2.30. The monoisotopic (exact) mass is 150 g/mol. The van der Waals surface area contributed by atoms with Crippen LogP contribution in [0.4, 0.5) is 0 Å². The van der Waals surface area contributed by atoms with Crippen molar-refractivity contribution < 1.29 is 4.79 Å². The van der Waals surface area contributed by atoms with Crippen LogP contribution in [0.3, 0.4) is 0 Å². The molecule has 0 spiro atoms. The molecule has 1 rings (SSSR count). The van der Waals surface area contributed by atoms with Gasteiger partial charge in [-0.2, -0.15) is 0 Å². The van der Waals surface area contributed by atoms with Gasteiger partial charge in [-0.05, 0) is 19.3 Å². The summed E-state index contributed by atoms with van der Waals surface area (Å²) in [7, 11) is 0. The van der Waals surface area contributed by atoms with Gasteiger partial charge in [-0.1, -0.05) is 6.42 Å². The quantitative estimate of drug-likeness (QED) is 0.443. The van der Waals surface area contributed by atoms with Gasteiger partial charge in [0.05, 0.1) is 0 Å². The van der Waals surface area contributed by atoms with Gasteiger partial charge in [0.15, 0.2) is 0 Å². The van der Waals surface area contributed by atoms with Crippen molar-refractivity contribution in [1.29, 1.82) is 0 Å². The minimum atomic E-state index is 0.396. The topological polar surface area (TPSA) is 17.1 Å². The Labute approximate surface area is 68.2 Å². The minimum absolute atomic E-state index is 0.396. The first kappa shape index (κ1) is 8.33. The van der Waals surface area contributed by atoms with Crippen LogP contribution in [-0.2, 0) is 4.79 Å². The van der Waals surface area contributed by atoms with Crippen molar-refractivity contribution >= 4 is 5.78 Å². The zero-order valence-electron chi connectivity index (χ0n) is 6.81. The van der Waals surface area contributed by atoms with Gasteiger partial charge in [0.1, 0.15) is 5.78 Å². The zero-order chi connectivity index (χ0) is 8.10. The molecule has 1 fully saturated rings. The first-order valence-corrected chi connectivity index (χ1v) is 4.31. The molecule has 0 aliphatic heterocycles. The van der Waals surface area contributed by atoms with E-state index in [1.54, 1.807) is 0 Å². The fourth-order valence-electron chi connectivity index (χ4n) is 1.30. The van der Waals surface area contributed by atoms with E-state index in [1.807, 2.05) is 0 Å². The number of ketones is 1. The summed E-state index contributed by atoms with van der Waals surface area (Å²) in [6.07, 6.45) is 10.9. The summed E-state index contributed by atoms with van der Waals surface area (Å²) in [5.41, 5.74) is 0. The number of terminal acetylenes is 1. The normalized spacial score (nSPS) is 17.0. The molecule has 0 saturated heterocycles. The molecular weight excluding hydrogens is 136 g/mol. The standard InChI is InChI=1S/C10H14O/c1-2-3-4-8-10(11)9-6-5-7-9/h1,9H,3-8H2. The summed E-state index contributed by atoms with van der Waals surface area (Å²) in [6.45, 7) is 0. The third-order valence-electron chi connectivity index (χ3n) is 2.30. The Morgan fingerprint density at radius 2 is 2.27 bits per heavy atom. The van der Waals surface area contributed by atoms with E-state index >= 15 is 0 Å². The Balaban J connectivity index is 2.06. The Bertz CT molecular complexity index is 172. The lowest BCUT2D eigenvalue weighted by atomic mass is 9.81. The Hall–Kier alpha value is -0.770. The highest BCUT2D eigenvalue weighted by atomic mass is 16.1. The summed E-state index contributed by atoms with van der Waals surface area (Å²) < 4.78 is 0. The van der Waals surface area contributed by atoms with Crippen LogP contribution < -0.4 is 0 Å². The molecule has 0 aromatic rings. The predicted octanol–water partition coefficient (Wildman–Crippen LogP) is 2.16. The maximum atomic E-state index is 11.2. The molecule has 60 valence electrons. The molecule has 0 N–H and O–H groups in total. The summed E-state index contributed by atoms with van der Waals surface area (Å²) in [5, 5.41) is 0. The summed E-state index contributed by atoms with van der Waals surface area (Å²) >= 11 is 0. The van der Waals surface area contributed by atoms with Crippen molar-refractivity contribution in [3.63, 3.8) is 0 Å². The van der Waals surface area contributed by atoms with E-state index in [9.17, 15) is 4.79 Å².